The highest BCUT2D eigenvalue weighted by Crippen LogP contribution is 2.47. The van der Waals surface area contributed by atoms with Gasteiger partial charge in [-0.2, -0.15) is 10.4 Å². The van der Waals surface area contributed by atoms with Crippen molar-refractivity contribution in [3.8, 4) is 17.5 Å². The highest BCUT2D eigenvalue weighted by Gasteiger charge is 2.45. The maximum absolute atomic E-state index is 13.9. The summed E-state index contributed by atoms with van der Waals surface area (Å²) in [6.07, 6.45) is 3.09. The molecule has 3 aromatic carbocycles. The minimum absolute atomic E-state index is 0.0545. The maximum Gasteiger partial charge on any atom is 0.253 e. The van der Waals surface area contributed by atoms with Crippen molar-refractivity contribution in [3.63, 3.8) is 0 Å². The van der Waals surface area contributed by atoms with Gasteiger partial charge in [0, 0.05) is 57.5 Å². The van der Waals surface area contributed by atoms with E-state index in [0.29, 0.717) is 60.6 Å². The molecule has 1 aliphatic heterocycles. The molecular formula is C39H43FN8O3. The Bertz CT molecular complexity index is 1930. The lowest BCUT2D eigenvalue weighted by Crippen LogP contribution is -2.45. The Morgan fingerprint density at radius 1 is 0.980 bits per heavy atom. The average molecular weight is 691 g/mol. The zero-order chi connectivity index (χ0) is 36.4. The Balaban J connectivity index is 1.51. The molecule has 1 aromatic heterocycles. The predicted molar refractivity (Wildman–Crippen MR) is 190 cm³/mol. The third-order valence-corrected chi connectivity index (χ3v) is 10.0. The summed E-state index contributed by atoms with van der Waals surface area (Å²) in [5.41, 5.74) is 4.53. The quantitative estimate of drug-likeness (QED) is 0.267. The molecule has 1 aliphatic carbocycles. The van der Waals surface area contributed by atoms with Gasteiger partial charge in [-0.3, -0.25) is 19.5 Å². The molecule has 4 aromatic rings. The highest BCUT2D eigenvalue weighted by atomic mass is 19.1. The molecule has 2 heterocycles. The number of nitrogens with zero attached hydrogens (tertiary/aromatic N) is 6. The fourth-order valence-corrected chi connectivity index (χ4v) is 7.48. The van der Waals surface area contributed by atoms with E-state index < -0.39 is 11.5 Å². The summed E-state index contributed by atoms with van der Waals surface area (Å²) >= 11 is 0. The van der Waals surface area contributed by atoms with E-state index in [0.717, 1.165) is 28.7 Å². The number of nitrogens with one attached hydrogen (secondary N) is 2. The largest absolute Gasteiger partial charge is 0.345 e. The number of aryl methyl sites for hydroxylation is 2. The van der Waals surface area contributed by atoms with Crippen LogP contribution in [0.1, 0.15) is 75.0 Å². The minimum atomic E-state index is -0.982. The van der Waals surface area contributed by atoms with Crippen LogP contribution in [0.3, 0.4) is 0 Å². The van der Waals surface area contributed by atoms with Crippen molar-refractivity contribution in [2.45, 2.75) is 56.5 Å². The van der Waals surface area contributed by atoms with Gasteiger partial charge in [0.1, 0.15) is 17.7 Å². The van der Waals surface area contributed by atoms with Crippen LogP contribution in [0.4, 0.5) is 4.39 Å². The molecule has 1 fully saturated rings. The van der Waals surface area contributed by atoms with E-state index in [-0.39, 0.29) is 36.1 Å². The van der Waals surface area contributed by atoms with Gasteiger partial charge in [0.05, 0.1) is 18.0 Å². The first kappa shape index (κ1) is 35.4. The molecule has 6 rings (SSSR count). The number of carbonyl (C=O) groups is 3. The second-order valence-electron chi connectivity index (χ2n) is 13.9. The first-order chi connectivity index (χ1) is 24.4. The Hall–Kier alpha value is -5.41. The number of amides is 3. The molecule has 264 valence electrons. The lowest BCUT2D eigenvalue weighted by molar-refractivity contribution is -0.130. The molecule has 2 N–H and O–H groups in total. The van der Waals surface area contributed by atoms with E-state index >= 15 is 0 Å². The van der Waals surface area contributed by atoms with Gasteiger partial charge in [-0.25, -0.2) is 9.37 Å². The van der Waals surface area contributed by atoms with Gasteiger partial charge in [-0.15, -0.1) is 0 Å². The van der Waals surface area contributed by atoms with Gasteiger partial charge in [-0.1, -0.05) is 12.1 Å². The number of hydrogen-bond acceptors (Lipinski definition) is 7. The van der Waals surface area contributed by atoms with Gasteiger partial charge in [0.15, 0.2) is 5.82 Å². The van der Waals surface area contributed by atoms with Gasteiger partial charge < -0.3 is 20.0 Å². The monoisotopic (exact) mass is 690 g/mol. The van der Waals surface area contributed by atoms with E-state index in [2.05, 4.69) is 21.6 Å². The van der Waals surface area contributed by atoms with E-state index in [1.807, 2.05) is 43.3 Å². The zero-order valence-electron chi connectivity index (χ0n) is 29.7. The van der Waals surface area contributed by atoms with Crippen LogP contribution in [-0.2, 0) is 23.1 Å². The van der Waals surface area contributed by atoms with Crippen molar-refractivity contribution in [1.82, 2.24) is 35.2 Å². The number of hydrogen-bond donors (Lipinski definition) is 2. The number of aromatic amines is 1. The molecule has 1 unspecified atom stereocenters. The molecule has 0 radical (unpaired) electrons. The summed E-state index contributed by atoms with van der Waals surface area (Å²) in [7, 11) is 6.88. The SMILES string of the molecule is C[C@@H](CC1(c2nc(-c3ccc(F)cc3)n[nH]2)c2ccc(C(=O)N(C)C)cc2CCc2cc(C(=O)N(C)C)ccc21)NCC(=O)N1CCCC1C#N. The third-order valence-electron chi connectivity index (χ3n) is 10.0. The van der Waals surface area contributed by atoms with Crippen LogP contribution in [0.15, 0.2) is 60.7 Å². The standard InChI is InChI=1S/C39H43FN8O3/c1-24(42-23-34(49)48-18-6-7-31(48)22-41)21-39(38-43-35(44-45-38)25-10-14-30(40)15-11-25)32-16-12-28(36(50)46(2)3)19-26(32)8-9-27-20-29(13-17-33(27)39)37(51)47(4)5/h10-17,19-20,24,31,42H,6-9,18,21,23H2,1-5H3,(H,43,44,45)/t24-,31?/m0/s1. The summed E-state index contributed by atoms with van der Waals surface area (Å²) in [6.45, 7) is 2.62. The Morgan fingerprint density at radius 3 is 2.12 bits per heavy atom. The number of rotatable bonds is 9. The van der Waals surface area contributed by atoms with Gasteiger partial charge in [0.2, 0.25) is 5.91 Å². The third kappa shape index (κ3) is 6.86. The van der Waals surface area contributed by atoms with Crippen LogP contribution in [0, 0.1) is 17.1 Å². The summed E-state index contributed by atoms with van der Waals surface area (Å²) in [5.74, 6) is 0.199. The fourth-order valence-electron chi connectivity index (χ4n) is 7.48. The molecule has 12 heteroatoms. The van der Waals surface area contributed by atoms with Crippen LogP contribution >= 0.6 is 0 Å². The van der Waals surface area contributed by atoms with Crippen molar-refractivity contribution < 1.29 is 18.8 Å². The fraction of sp³-hybridized carbons (Fsp3) is 0.385. The molecule has 2 aliphatic rings. The number of H-pyrrole nitrogens is 1. The van der Waals surface area contributed by atoms with Crippen LogP contribution in [0.5, 0.6) is 0 Å². The van der Waals surface area contributed by atoms with E-state index in [9.17, 15) is 24.0 Å². The number of halogens is 1. The molecule has 2 atom stereocenters. The van der Waals surface area contributed by atoms with Gasteiger partial charge >= 0.3 is 0 Å². The summed E-state index contributed by atoms with van der Waals surface area (Å²) in [4.78, 5) is 49.5. The van der Waals surface area contributed by atoms with Crippen molar-refractivity contribution in [3.05, 3.63) is 106 Å². The topological polar surface area (TPSA) is 138 Å². The van der Waals surface area contributed by atoms with E-state index in [4.69, 9.17) is 4.98 Å². The maximum atomic E-state index is 13.9. The van der Waals surface area contributed by atoms with E-state index in [1.165, 1.54) is 12.1 Å². The van der Waals surface area contributed by atoms with Crippen LogP contribution < -0.4 is 5.32 Å². The number of fused-ring (bicyclic) bond motifs is 2. The van der Waals surface area contributed by atoms with Crippen molar-refractivity contribution in [2.75, 3.05) is 41.3 Å². The molecule has 3 amide bonds. The molecule has 51 heavy (non-hydrogen) atoms. The van der Waals surface area contributed by atoms with Crippen LogP contribution in [-0.4, -0.2) is 101 Å². The predicted octanol–water partition coefficient (Wildman–Crippen LogP) is 4.33. The van der Waals surface area contributed by atoms with Crippen LogP contribution in [0.2, 0.25) is 0 Å². The van der Waals surface area contributed by atoms with Gasteiger partial charge in [-0.05, 0) is 110 Å². The van der Waals surface area contributed by atoms with Gasteiger partial charge in [0.25, 0.3) is 11.8 Å². The molecule has 11 nitrogen and oxygen atoms in total. The average Bonchev–Trinajstić information content (AvgIpc) is 3.80. The summed E-state index contributed by atoms with van der Waals surface area (Å²) in [5, 5.41) is 20.9. The smallest absolute Gasteiger partial charge is 0.253 e. The van der Waals surface area contributed by atoms with Crippen LogP contribution in [0.25, 0.3) is 11.4 Å². The van der Waals surface area contributed by atoms with Crippen molar-refractivity contribution in [1.29, 1.82) is 5.26 Å². The molecular weight excluding hydrogens is 647 g/mol. The second-order valence-corrected chi connectivity index (χ2v) is 13.9. The lowest BCUT2D eigenvalue weighted by Gasteiger charge is -2.37. The number of carbonyl (C=O) groups excluding carboxylic acids is 3. The Morgan fingerprint density at radius 2 is 1.57 bits per heavy atom. The highest BCUT2D eigenvalue weighted by molar-refractivity contribution is 5.95. The molecule has 0 bridgehead atoms. The normalized spacial score (nSPS) is 16.7. The first-order valence-corrected chi connectivity index (χ1v) is 17.2. The minimum Gasteiger partial charge on any atom is -0.345 e. The molecule has 1 saturated heterocycles. The molecule has 0 spiro atoms. The molecule has 0 saturated carbocycles. The number of aromatic nitrogens is 3. The number of nitriles is 1. The second kappa shape index (κ2) is 14.4. The van der Waals surface area contributed by atoms with Crippen molar-refractivity contribution >= 4 is 17.7 Å². The Kier molecular flexibility index (Phi) is 10.0. The summed E-state index contributed by atoms with van der Waals surface area (Å²) < 4.78 is 13.9. The first-order valence-electron chi connectivity index (χ1n) is 17.2. The zero-order valence-corrected chi connectivity index (χ0v) is 29.7. The van der Waals surface area contributed by atoms with Crippen molar-refractivity contribution in [2.24, 2.45) is 0 Å². The van der Waals surface area contributed by atoms with E-state index in [1.54, 1.807) is 55.0 Å². The summed E-state index contributed by atoms with van der Waals surface area (Å²) in [6, 6.07) is 19.1. The number of benzene rings is 3. The number of likely N-dealkylation sites (tertiary alicyclic amines) is 1. The lowest BCUT2D eigenvalue weighted by atomic mass is 9.67. The Labute approximate surface area is 297 Å².